The molecule has 2 aliphatic heterocycles. The van der Waals surface area contributed by atoms with Crippen molar-refractivity contribution in [2.75, 3.05) is 13.1 Å². The Kier molecular flexibility index (Phi) is 2.97. The van der Waals surface area contributed by atoms with E-state index in [1.165, 1.54) is 11.1 Å². The molecule has 2 aliphatic rings. The van der Waals surface area contributed by atoms with Gasteiger partial charge >= 0.3 is 0 Å². The Bertz CT molecular complexity index is 496. The van der Waals surface area contributed by atoms with Crippen LogP contribution in [0.2, 0.25) is 0 Å². The lowest BCUT2D eigenvalue weighted by atomic mass is 10.0. The summed E-state index contributed by atoms with van der Waals surface area (Å²) in [6, 6.07) is 4.29. The average Bonchev–Trinajstić information content (AvgIpc) is 2.95. The first-order chi connectivity index (χ1) is 9.04. The number of rotatable bonds is 1. The Morgan fingerprint density at radius 3 is 2.79 bits per heavy atom. The first-order valence-electron chi connectivity index (χ1n) is 6.86. The molecule has 19 heavy (non-hydrogen) atoms. The maximum absolute atomic E-state index is 12.4. The largest absolute Gasteiger partial charge is 0.480 e. The zero-order valence-corrected chi connectivity index (χ0v) is 11.5. The number of nitrogens with zero attached hydrogens (tertiary/aromatic N) is 1. The molecule has 2 heterocycles. The van der Waals surface area contributed by atoms with Gasteiger partial charge in [-0.05, 0) is 43.0 Å². The van der Waals surface area contributed by atoms with Crippen molar-refractivity contribution in [3.8, 4) is 5.75 Å². The van der Waals surface area contributed by atoms with Crippen LogP contribution in [0.4, 0.5) is 0 Å². The molecule has 1 aromatic carbocycles. The Balaban J connectivity index is 1.75. The van der Waals surface area contributed by atoms with Gasteiger partial charge in [-0.3, -0.25) is 4.79 Å². The lowest BCUT2D eigenvalue weighted by Crippen LogP contribution is -2.41. The third-order valence-corrected chi connectivity index (χ3v) is 4.16. The number of nitrogens with two attached hydrogens (primary N) is 1. The minimum Gasteiger partial charge on any atom is -0.480 e. The number of fused-ring (bicyclic) bond motifs is 1. The van der Waals surface area contributed by atoms with Crippen molar-refractivity contribution < 1.29 is 9.53 Å². The van der Waals surface area contributed by atoms with Gasteiger partial charge in [0.25, 0.3) is 5.91 Å². The molecule has 4 nitrogen and oxygen atoms in total. The van der Waals surface area contributed by atoms with Crippen LogP contribution in [0.5, 0.6) is 5.75 Å². The molecule has 102 valence electrons. The van der Waals surface area contributed by atoms with Crippen LogP contribution in [-0.4, -0.2) is 36.0 Å². The average molecular weight is 260 g/mol. The molecule has 1 amide bonds. The van der Waals surface area contributed by atoms with E-state index < -0.39 is 0 Å². The second-order valence-corrected chi connectivity index (χ2v) is 5.69. The monoisotopic (exact) mass is 260 g/mol. The van der Waals surface area contributed by atoms with Gasteiger partial charge in [0.1, 0.15) is 5.75 Å². The molecule has 1 saturated heterocycles. The lowest BCUT2D eigenvalue weighted by molar-refractivity contribution is -0.136. The highest BCUT2D eigenvalue weighted by molar-refractivity contribution is 5.83. The first-order valence-corrected chi connectivity index (χ1v) is 6.86. The second kappa shape index (κ2) is 4.53. The van der Waals surface area contributed by atoms with E-state index in [1.807, 2.05) is 11.0 Å². The number of amides is 1. The highest BCUT2D eigenvalue weighted by Crippen LogP contribution is 2.32. The van der Waals surface area contributed by atoms with Crippen molar-refractivity contribution in [3.63, 3.8) is 0 Å². The van der Waals surface area contributed by atoms with Gasteiger partial charge in [-0.1, -0.05) is 6.07 Å². The molecular weight excluding hydrogens is 240 g/mol. The molecule has 0 spiro atoms. The Labute approximate surface area is 113 Å². The molecule has 0 saturated carbocycles. The highest BCUT2D eigenvalue weighted by atomic mass is 16.5. The summed E-state index contributed by atoms with van der Waals surface area (Å²) < 4.78 is 5.82. The minimum atomic E-state index is -0.360. The number of likely N-dealkylation sites (tertiary alicyclic amines) is 1. The molecule has 0 bridgehead atoms. The quantitative estimate of drug-likeness (QED) is 0.824. The molecule has 0 radical (unpaired) electrons. The van der Waals surface area contributed by atoms with Crippen LogP contribution in [0, 0.1) is 13.8 Å². The molecule has 0 aromatic heterocycles. The van der Waals surface area contributed by atoms with Gasteiger partial charge in [0, 0.05) is 25.6 Å². The summed E-state index contributed by atoms with van der Waals surface area (Å²) in [5.41, 5.74) is 9.45. The van der Waals surface area contributed by atoms with E-state index in [0.29, 0.717) is 13.0 Å². The number of benzene rings is 1. The third-order valence-electron chi connectivity index (χ3n) is 4.16. The van der Waals surface area contributed by atoms with E-state index in [0.717, 1.165) is 24.3 Å². The van der Waals surface area contributed by atoms with E-state index >= 15 is 0 Å². The number of aryl methyl sites for hydroxylation is 2. The normalized spacial score (nSPS) is 25.3. The van der Waals surface area contributed by atoms with Crippen LogP contribution < -0.4 is 10.5 Å². The standard InChI is InChI=1S/C15H20N2O2/c1-9-5-11-7-14(19-13(11)6-10(9)2)15(18)17-4-3-12(16)8-17/h5-6,12,14H,3-4,7-8,16H2,1-2H3/t12-,14-/m0/s1. The minimum absolute atomic E-state index is 0.0828. The fourth-order valence-corrected chi connectivity index (χ4v) is 2.84. The maximum atomic E-state index is 12.4. The van der Waals surface area contributed by atoms with Gasteiger partial charge in [-0.15, -0.1) is 0 Å². The number of ether oxygens (including phenoxy) is 1. The van der Waals surface area contributed by atoms with Crippen LogP contribution in [0.25, 0.3) is 0 Å². The maximum Gasteiger partial charge on any atom is 0.264 e. The van der Waals surface area contributed by atoms with Crippen molar-refractivity contribution in [1.82, 2.24) is 4.90 Å². The molecule has 2 atom stereocenters. The fraction of sp³-hybridized carbons (Fsp3) is 0.533. The molecule has 4 heteroatoms. The summed E-state index contributed by atoms with van der Waals surface area (Å²) >= 11 is 0. The van der Waals surface area contributed by atoms with Crippen LogP contribution in [-0.2, 0) is 11.2 Å². The van der Waals surface area contributed by atoms with Gasteiger partial charge in [0.15, 0.2) is 6.10 Å². The zero-order chi connectivity index (χ0) is 13.6. The summed E-state index contributed by atoms with van der Waals surface area (Å²) in [7, 11) is 0. The van der Waals surface area contributed by atoms with Gasteiger partial charge < -0.3 is 15.4 Å². The Morgan fingerprint density at radius 1 is 1.37 bits per heavy atom. The molecule has 1 fully saturated rings. The lowest BCUT2D eigenvalue weighted by Gasteiger charge is -2.19. The van der Waals surface area contributed by atoms with Crippen molar-refractivity contribution in [2.24, 2.45) is 5.73 Å². The predicted molar refractivity (Wildman–Crippen MR) is 73.2 cm³/mol. The van der Waals surface area contributed by atoms with E-state index in [9.17, 15) is 4.79 Å². The predicted octanol–water partition coefficient (Wildman–Crippen LogP) is 1.17. The molecule has 1 aromatic rings. The topological polar surface area (TPSA) is 55.6 Å². The van der Waals surface area contributed by atoms with Crippen molar-refractivity contribution in [1.29, 1.82) is 0 Å². The third kappa shape index (κ3) is 2.21. The van der Waals surface area contributed by atoms with Gasteiger partial charge in [0.2, 0.25) is 0 Å². The molecular formula is C15H20N2O2. The van der Waals surface area contributed by atoms with E-state index in [4.69, 9.17) is 10.5 Å². The van der Waals surface area contributed by atoms with E-state index in [-0.39, 0.29) is 18.1 Å². The van der Waals surface area contributed by atoms with Gasteiger partial charge in [-0.2, -0.15) is 0 Å². The van der Waals surface area contributed by atoms with Crippen molar-refractivity contribution in [3.05, 3.63) is 28.8 Å². The van der Waals surface area contributed by atoms with Crippen LogP contribution >= 0.6 is 0 Å². The smallest absolute Gasteiger partial charge is 0.264 e. The van der Waals surface area contributed by atoms with Crippen LogP contribution in [0.3, 0.4) is 0 Å². The van der Waals surface area contributed by atoms with E-state index in [1.54, 1.807) is 0 Å². The van der Waals surface area contributed by atoms with E-state index in [2.05, 4.69) is 19.9 Å². The second-order valence-electron chi connectivity index (χ2n) is 5.69. The summed E-state index contributed by atoms with van der Waals surface area (Å²) in [6.45, 7) is 5.57. The van der Waals surface area contributed by atoms with Gasteiger partial charge in [0.05, 0.1) is 0 Å². The van der Waals surface area contributed by atoms with Crippen LogP contribution in [0.15, 0.2) is 12.1 Å². The summed E-state index contributed by atoms with van der Waals surface area (Å²) in [5, 5.41) is 0. The first kappa shape index (κ1) is 12.5. The number of carbonyl (C=O) groups is 1. The number of carbonyl (C=O) groups excluding carboxylic acids is 1. The Hall–Kier alpha value is -1.55. The molecule has 2 N–H and O–H groups in total. The summed E-state index contributed by atoms with van der Waals surface area (Å²) in [4.78, 5) is 14.2. The SMILES string of the molecule is Cc1cc2c(cc1C)O[C@H](C(=O)N1CC[C@H](N)C1)C2. The van der Waals surface area contributed by atoms with Gasteiger partial charge in [-0.25, -0.2) is 0 Å². The Morgan fingerprint density at radius 2 is 2.11 bits per heavy atom. The summed E-state index contributed by atoms with van der Waals surface area (Å²) in [6.07, 6.45) is 1.21. The van der Waals surface area contributed by atoms with Crippen LogP contribution in [0.1, 0.15) is 23.1 Å². The molecule has 0 unspecified atom stereocenters. The number of hydrogen-bond acceptors (Lipinski definition) is 3. The fourth-order valence-electron chi connectivity index (χ4n) is 2.84. The summed E-state index contributed by atoms with van der Waals surface area (Å²) in [5.74, 6) is 0.949. The van der Waals surface area contributed by atoms with Crippen molar-refractivity contribution >= 4 is 5.91 Å². The van der Waals surface area contributed by atoms with Crippen molar-refractivity contribution in [2.45, 2.75) is 38.8 Å². The zero-order valence-electron chi connectivity index (χ0n) is 11.5. The number of hydrogen-bond donors (Lipinski definition) is 1. The molecule has 3 rings (SSSR count). The molecule has 0 aliphatic carbocycles. The highest BCUT2D eigenvalue weighted by Gasteiger charge is 2.35.